The summed E-state index contributed by atoms with van der Waals surface area (Å²) in [5.41, 5.74) is 2.44. The number of rotatable bonds is 3. The average molecular weight is 270 g/mol. The van der Waals surface area contributed by atoms with Crippen LogP contribution < -0.4 is 5.32 Å². The maximum absolute atomic E-state index is 12.1. The van der Waals surface area contributed by atoms with Crippen molar-refractivity contribution in [1.29, 1.82) is 0 Å². The van der Waals surface area contributed by atoms with Gasteiger partial charge in [-0.2, -0.15) is 0 Å². The molecule has 5 nitrogen and oxygen atoms in total. The number of nitro groups is 1. The number of nitrogens with zero attached hydrogens (tertiary/aromatic N) is 1. The van der Waals surface area contributed by atoms with Gasteiger partial charge in [0.2, 0.25) is 0 Å². The standard InChI is InChI=1S/C15H14N2O3/c1-10-11(2)14(17(19)20)9-8-13(10)16-15(18)12-6-4-3-5-7-12/h3-9H,1-2H3,(H,16,18). The fourth-order valence-corrected chi connectivity index (χ4v) is 1.92. The lowest BCUT2D eigenvalue weighted by molar-refractivity contribution is -0.385. The molecular formula is C15H14N2O3. The highest BCUT2D eigenvalue weighted by atomic mass is 16.6. The number of nitrogens with one attached hydrogen (secondary N) is 1. The molecule has 20 heavy (non-hydrogen) atoms. The molecule has 0 aliphatic heterocycles. The van der Waals surface area contributed by atoms with E-state index in [4.69, 9.17) is 0 Å². The lowest BCUT2D eigenvalue weighted by atomic mass is 10.1. The smallest absolute Gasteiger partial charge is 0.272 e. The Hall–Kier alpha value is -2.69. The van der Waals surface area contributed by atoms with Crippen molar-refractivity contribution in [3.63, 3.8) is 0 Å². The maximum atomic E-state index is 12.1. The molecule has 0 heterocycles. The minimum absolute atomic E-state index is 0.0558. The summed E-state index contributed by atoms with van der Waals surface area (Å²) in [6.07, 6.45) is 0. The number of carbonyl (C=O) groups excluding carboxylic acids is 1. The van der Waals surface area contributed by atoms with E-state index in [1.54, 1.807) is 44.2 Å². The first-order chi connectivity index (χ1) is 9.50. The summed E-state index contributed by atoms with van der Waals surface area (Å²) in [6.45, 7) is 3.43. The molecule has 0 saturated heterocycles. The van der Waals surface area contributed by atoms with E-state index < -0.39 is 4.92 Å². The summed E-state index contributed by atoms with van der Waals surface area (Å²) >= 11 is 0. The van der Waals surface area contributed by atoms with Gasteiger partial charge in [-0.1, -0.05) is 18.2 Å². The number of amides is 1. The van der Waals surface area contributed by atoms with Crippen LogP contribution in [0, 0.1) is 24.0 Å². The van der Waals surface area contributed by atoms with Crippen LogP contribution in [-0.2, 0) is 0 Å². The van der Waals surface area contributed by atoms with Crippen molar-refractivity contribution in [1.82, 2.24) is 0 Å². The van der Waals surface area contributed by atoms with E-state index in [2.05, 4.69) is 5.32 Å². The van der Waals surface area contributed by atoms with Gasteiger partial charge >= 0.3 is 0 Å². The maximum Gasteiger partial charge on any atom is 0.272 e. The second kappa shape index (κ2) is 5.52. The number of benzene rings is 2. The van der Waals surface area contributed by atoms with Crippen LogP contribution in [0.3, 0.4) is 0 Å². The van der Waals surface area contributed by atoms with Crippen molar-refractivity contribution in [2.45, 2.75) is 13.8 Å². The molecule has 102 valence electrons. The molecule has 2 aromatic rings. The van der Waals surface area contributed by atoms with Crippen molar-refractivity contribution in [2.75, 3.05) is 5.32 Å². The third-order valence-electron chi connectivity index (χ3n) is 3.24. The van der Waals surface area contributed by atoms with Crippen LogP contribution in [0.4, 0.5) is 11.4 Å². The fourth-order valence-electron chi connectivity index (χ4n) is 1.92. The monoisotopic (exact) mass is 270 g/mol. The first kappa shape index (κ1) is 13.7. The normalized spacial score (nSPS) is 10.1. The molecule has 0 saturated carbocycles. The van der Waals surface area contributed by atoms with Crippen LogP contribution in [0.15, 0.2) is 42.5 Å². The Morgan fingerprint density at radius 3 is 2.30 bits per heavy atom. The van der Waals surface area contributed by atoms with Crippen LogP contribution >= 0.6 is 0 Å². The summed E-state index contributed by atoms with van der Waals surface area (Å²) < 4.78 is 0. The van der Waals surface area contributed by atoms with E-state index in [1.807, 2.05) is 6.07 Å². The molecule has 0 spiro atoms. The molecule has 1 N–H and O–H groups in total. The lowest BCUT2D eigenvalue weighted by Gasteiger charge is -2.10. The summed E-state index contributed by atoms with van der Waals surface area (Å²) in [6, 6.07) is 11.8. The number of nitro benzene ring substituents is 1. The van der Waals surface area contributed by atoms with E-state index >= 15 is 0 Å². The third-order valence-corrected chi connectivity index (χ3v) is 3.24. The number of carbonyl (C=O) groups is 1. The highest BCUT2D eigenvalue weighted by Crippen LogP contribution is 2.27. The molecule has 0 aliphatic carbocycles. The van der Waals surface area contributed by atoms with Crippen LogP contribution in [0.25, 0.3) is 0 Å². The fraction of sp³-hybridized carbons (Fsp3) is 0.133. The first-order valence-corrected chi connectivity index (χ1v) is 6.11. The number of anilines is 1. The van der Waals surface area contributed by atoms with E-state index in [1.165, 1.54) is 6.07 Å². The Kier molecular flexibility index (Phi) is 3.79. The summed E-state index contributed by atoms with van der Waals surface area (Å²) in [5.74, 6) is -0.234. The van der Waals surface area contributed by atoms with Crippen LogP contribution in [0.1, 0.15) is 21.5 Å². The van der Waals surface area contributed by atoms with Gasteiger partial charge in [0, 0.05) is 22.9 Å². The minimum Gasteiger partial charge on any atom is -0.322 e. The lowest BCUT2D eigenvalue weighted by Crippen LogP contribution is -2.13. The highest BCUT2D eigenvalue weighted by Gasteiger charge is 2.16. The molecule has 0 radical (unpaired) electrons. The van der Waals surface area contributed by atoms with Gasteiger partial charge in [0.15, 0.2) is 0 Å². The van der Waals surface area contributed by atoms with Crippen molar-refractivity contribution in [2.24, 2.45) is 0 Å². The van der Waals surface area contributed by atoms with Gasteiger partial charge in [-0.25, -0.2) is 0 Å². The molecule has 0 aliphatic rings. The highest BCUT2D eigenvalue weighted by molar-refractivity contribution is 6.04. The quantitative estimate of drug-likeness (QED) is 0.685. The van der Waals surface area contributed by atoms with E-state index in [9.17, 15) is 14.9 Å². The molecule has 1 amide bonds. The topological polar surface area (TPSA) is 72.2 Å². The molecular weight excluding hydrogens is 256 g/mol. The predicted octanol–water partition coefficient (Wildman–Crippen LogP) is 3.46. The predicted molar refractivity (Wildman–Crippen MR) is 77.0 cm³/mol. The molecule has 5 heteroatoms. The Bertz CT molecular complexity index is 666. The molecule has 0 unspecified atom stereocenters. The van der Waals surface area contributed by atoms with Crippen molar-refractivity contribution >= 4 is 17.3 Å². The Labute approximate surface area is 116 Å². The van der Waals surface area contributed by atoms with Crippen molar-refractivity contribution in [3.05, 3.63) is 69.3 Å². The second-order valence-corrected chi connectivity index (χ2v) is 4.46. The van der Waals surface area contributed by atoms with Crippen molar-refractivity contribution < 1.29 is 9.72 Å². The van der Waals surface area contributed by atoms with Gasteiger partial charge < -0.3 is 5.32 Å². The minimum atomic E-state index is -0.425. The second-order valence-electron chi connectivity index (χ2n) is 4.46. The zero-order valence-electron chi connectivity index (χ0n) is 11.2. The molecule has 0 fully saturated rings. The van der Waals surface area contributed by atoms with Gasteiger partial charge in [-0.05, 0) is 37.6 Å². The molecule has 0 aromatic heterocycles. The molecule has 0 atom stereocenters. The first-order valence-electron chi connectivity index (χ1n) is 6.11. The summed E-state index contributed by atoms with van der Waals surface area (Å²) in [7, 11) is 0. The Balaban J connectivity index is 2.29. The Morgan fingerprint density at radius 1 is 1.05 bits per heavy atom. The van der Waals surface area contributed by atoms with Crippen molar-refractivity contribution in [3.8, 4) is 0 Å². The van der Waals surface area contributed by atoms with E-state index in [-0.39, 0.29) is 11.6 Å². The number of hydrogen-bond donors (Lipinski definition) is 1. The van der Waals surface area contributed by atoms with Crippen LogP contribution in [0.2, 0.25) is 0 Å². The largest absolute Gasteiger partial charge is 0.322 e. The molecule has 0 bridgehead atoms. The van der Waals surface area contributed by atoms with Gasteiger partial charge in [-0.3, -0.25) is 14.9 Å². The summed E-state index contributed by atoms with van der Waals surface area (Å²) in [4.78, 5) is 22.5. The van der Waals surface area contributed by atoms with E-state index in [0.717, 1.165) is 0 Å². The number of hydrogen-bond acceptors (Lipinski definition) is 3. The van der Waals surface area contributed by atoms with Gasteiger partial charge in [0.05, 0.1) is 4.92 Å². The van der Waals surface area contributed by atoms with Crippen LogP contribution in [-0.4, -0.2) is 10.8 Å². The zero-order valence-corrected chi connectivity index (χ0v) is 11.2. The average Bonchev–Trinajstić information content (AvgIpc) is 2.44. The van der Waals surface area contributed by atoms with Gasteiger partial charge in [-0.15, -0.1) is 0 Å². The zero-order chi connectivity index (χ0) is 14.7. The van der Waals surface area contributed by atoms with E-state index in [0.29, 0.717) is 22.4 Å². The molecule has 2 rings (SSSR count). The van der Waals surface area contributed by atoms with Crippen LogP contribution in [0.5, 0.6) is 0 Å². The van der Waals surface area contributed by atoms with Gasteiger partial charge in [0.1, 0.15) is 0 Å². The third kappa shape index (κ3) is 2.66. The summed E-state index contributed by atoms with van der Waals surface area (Å²) in [5, 5.41) is 13.6. The van der Waals surface area contributed by atoms with Gasteiger partial charge in [0.25, 0.3) is 11.6 Å². The molecule has 2 aromatic carbocycles. The SMILES string of the molecule is Cc1c(NC(=O)c2ccccc2)ccc([N+](=O)[O-])c1C. The Morgan fingerprint density at radius 2 is 1.70 bits per heavy atom.